The first-order valence-corrected chi connectivity index (χ1v) is 3.03. The van der Waals surface area contributed by atoms with Crippen LogP contribution in [0.2, 0.25) is 0 Å². The zero-order valence-electron chi connectivity index (χ0n) is 6.00. The molecule has 1 rings (SSSR count). The summed E-state index contributed by atoms with van der Waals surface area (Å²) in [5, 5.41) is 8.54. The van der Waals surface area contributed by atoms with Gasteiger partial charge in [-0.25, -0.2) is 4.79 Å². The minimum atomic E-state index is -0.961. The van der Waals surface area contributed by atoms with Gasteiger partial charge in [0.1, 0.15) is 5.75 Å². The number of ether oxygens (including phenoxy) is 1. The molecule has 0 saturated carbocycles. The summed E-state index contributed by atoms with van der Waals surface area (Å²) in [6.45, 7) is 0. The fourth-order valence-electron chi connectivity index (χ4n) is 0.695. The summed E-state index contributed by atoms with van der Waals surface area (Å²) in [5.41, 5.74) is 0.209. The smallest absolute Gasteiger partial charge is 0.335 e. The zero-order chi connectivity index (χ0) is 8.27. The first kappa shape index (κ1) is 7.60. The number of benzene rings is 1. The van der Waals surface area contributed by atoms with Gasteiger partial charge in [-0.2, -0.15) is 0 Å². The Morgan fingerprint density at radius 2 is 2.45 bits per heavy atom. The molecule has 1 radical (unpaired) electrons. The van der Waals surface area contributed by atoms with E-state index in [0.29, 0.717) is 5.75 Å². The second-order valence-electron chi connectivity index (χ2n) is 1.95. The van der Waals surface area contributed by atoms with Gasteiger partial charge in [0.25, 0.3) is 0 Å². The Balaban J connectivity index is 3.01. The van der Waals surface area contributed by atoms with Gasteiger partial charge in [0.05, 0.1) is 12.7 Å². The van der Waals surface area contributed by atoms with Crippen LogP contribution in [-0.2, 0) is 0 Å². The van der Waals surface area contributed by atoms with Gasteiger partial charge in [-0.15, -0.1) is 0 Å². The summed E-state index contributed by atoms with van der Waals surface area (Å²) in [4.78, 5) is 10.4. The molecule has 1 N–H and O–H groups in total. The highest BCUT2D eigenvalue weighted by Gasteiger charge is 2.02. The predicted molar refractivity (Wildman–Crippen MR) is 38.8 cm³/mol. The number of aromatic carboxylic acids is 1. The van der Waals surface area contributed by atoms with Gasteiger partial charge >= 0.3 is 5.97 Å². The van der Waals surface area contributed by atoms with E-state index in [0.717, 1.165) is 0 Å². The van der Waals surface area contributed by atoms with E-state index in [2.05, 4.69) is 6.07 Å². The molecule has 57 valence electrons. The van der Waals surface area contributed by atoms with Crippen molar-refractivity contribution in [3.8, 4) is 5.75 Å². The maximum absolute atomic E-state index is 10.4. The molecular formula is C8H7O3. The molecule has 0 spiro atoms. The van der Waals surface area contributed by atoms with E-state index in [1.165, 1.54) is 25.3 Å². The molecule has 0 aliphatic carbocycles. The number of carbonyl (C=O) groups is 1. The average molecular weight is 151 g/mol. The second-order valence-corrected chi connectivity index (χ2v) is 1.95. The van der Waals surface area contributed by atoms with Gasteiger partial charge in [-0.1, -0.05) is 0 Å². The van der Waals surface area contributed by atoms with Crippen molar-refractivity contribution in [2.45, 2.75) is 0 Å². The minimum absolute atomic E-state index is 0.209. The Morgan fingerprint density at radius 3 is 3.00 bits per heavy atom. The molecule has 0 amide bonds. The van der Waals surface area contributed by atoms with Gasteiger partial charge in [0.15, 0.2) is 0 Å². The van der Waals surface area contributed by atoms with Crippen molar-refractivity contribution in [3.05, 3.63) is 29.8 Å². The number of methoxy groups -OCH3 is 1. The van der Waals surface area contributed by atoms with Crippen molar-refractivity contribution in [2.75, 3.05) is 7.11 Å². The lowest BCUT2D eigenvalue weighted by Gasteiger charge is -1.98. The summed E-state index contributed by atoms with van der Waals surface area (Å²) < 4.78 is 4.79. The standard InChI is InChI=1S/C8H7O3/c1-11-7-4-2-3-6(5-7)8(9)10/h2-3,5H,1H3,(H,9,10). The maximum atomic E-state index is 10.4. The highest BCUT2D eigenvalue weighted by atomic mass is 16.5. The lowest BCUT2D eigenvalue weighted by Crippen LogP contribution is -1.96. The van der Waals surface area contributed by atoms with E-state index in [-0.39, 0.29) is 5.56 Å². The molecule has 1 aromatic rings. The van der Waals surface area contributed by atoms with Crippen molar-refractivity contribution in [3.63, 3.8) is 0 Å². The molecule has 0 aliphatic heterocycles. The quantitative estimate of drug-likeness (QED) is 0.690. The summed E-state index contributed by atoms with van der Waals surface area (Å²) in [6.07, 6.45) is 0. The summed E-state index contributed by atoms with van der Waals surface area (Å²) in [6, 6.07) is 7.13. The summed E-state index contributed by atoms with van der Waals surface area (Å²) in [7, 11) is 1.47. The second kappa shape index (κ2) is 3.05. The Labute approximate surface area is 64.2 Å². The van der Waals surface area contributed by atoms with Gasteiger partial charge < -0.3 is 9.84 Å². The van der Waals surface area contributed by atoms with Crippen LogP contribution in [0.1, 0.15) is 10.4 Å². The van der Waals surface area contributed by atoms with Gasteiger partial charge in [-0.3, -0.25) is 0 Å². The van der Waals surface area contributed by atoms with E-state index in [4.69, 9.17) is 9.84 Å². The van der Waals surface area contributed by atoms with Crippen molar-refractivity contribution >= 4 is 5.97 Å². The van der Waals surface area contributed by atoms with Gasteiger partial charge in [0.2, 0.25) is 0 Å². The molecule has 0 heterocycles. The zero-order valence-corrected chi connectivity index (χ0v) is 6.00. The van der Waals surface area contributed by atoms with Crippen LogP contribution in [0.4, 0.5) is 0 Å². The first-order chi connectivity index (χ1) is 5.24. The first-order valence-electron chi connectivity index (χ1n) is 3.03. The summed E-state index contributed by atoms with van der Waals surface area (Å²) >= 11 is 0. The van der Waals surface area contributed by atoms with Crippen molar-refractivity contribution < 1.29 is 14.6 Å². The topological polar surface area (TPSA) is 46.5 Å². The monoisotopic (exact) mass is 151 g/mol. The molecule has 1 aromatic carbocycles. The fourth-order valence-corrected chi connectivity index (χ4v) is 0.695. The molecule has 0 aliphatic rings. The van der Waals surface area contributed by atoms with E-state index >= 15 is 0 Å². The highest BCUT2D eigenvalue weighted by Crippen LogP contribution is 2.10. The third kappa shape index (κ3) is 1.70. The molecule has 0 unspecified atom stereocenters. The predicted octanol–water partition coefficient (Wildman–Crippen LogP) is 1.19. The Morgan fingerprint density at radius 1 is 1.73 bits per heavy atom. The lowest BCUT2D eigenvalue weighted by molar-refractivity contribution is 0.0696. The van der Waals surface area contributed by atoms with Gasteiger partial charge in [0, 0.05) is 6.07 Å². The van der Waals surface area contributed by atoms with Crippen LogP contribution in [0.5, 0.6) is 5.75 Å². The minimum Gasteiger partial charge on any atom is -0.496 e. The third-order valence-electron chi connectivity index (χ3n) is 1.24. The number of hydrogen-bond acceptors (Lipinski definition) is 2. The Bertz CT molecular complexity index is 268. The van der Waals surface area contributed by atoms with Crippen LogP contribution < -0.4 is 4.74 Å². The molecule has 0 bridgehead atoms. The van der Waals surface area contributed by atoms with Crippen LogP contribution in [0.15, 0.2) is 18.2 Å². The number of rotatable bonds is 2. The summed E-state index contributed by atoms with van der Waals surface area (Å²) in [5.74, 6) is -0.526. The Hall–Kier alpha value is -1.51. The number of hydrogen-bond donors (Lipinski definition) is 1. The molecule has 3 heteroatoms. The van der Waals surface area contributed by atoms with Crippen LogP contribution in [0.3, 0.4) is 0 Å². The molecule has 0 fully saturated rings. The Kier molecular flexibility index (Phi) is 2.11. The van der Waals surface area contributed by atoms with E-state index in [9.17, 15) is 4.79 Å². The largest absolute Gasteiger partial charge is 0.496 e. The van der Waals surface area contributed by atoms with E-state index in [1.807, 2.05) is 0 Å². The number of carboxylic acids is 1. The fraction of sp³-hybridized carbons (Fsp3) is 0.125. The third-order valence-corrected chi connectivity index (χ3v) is 1.24. The average Bonchev–Trinajstić information content (AvgIpc) is 2.05. The van der Waals surface area contributed by atoms with Crippen molar-refractivity contribution in [2.24, 2.45) is 0 Å². The SMILES string of the molecule is COc1[c]ccc(C(=O)O)c1. The van der Waals surface area contributed by atoms with E-state index < -0.39 is 5.97 Å². The van der Waals surface area contributed by atoms with Crippen molar-refractivity contribution in [1.29, 1.82) is 0 Å². The van der Waals surface area contributed by atoms with E-state index in [1.54, 1.807) is 0 Å². The van der Waals surface area contributed by atoms with Crippen LogP contribution >= 0.6 is 0 Å². The van der Waals surface area contributed by atoms with Crippen LogP contribution in [-0.4, -0.2) is 18.2 Å². The molecule has 0 atom stereocenters. The molecular weight excluding hydrogens is 144 g/mol. The number of carboxylic acid groups (broad SMARTS) is 1. The van der Waals surface area contributed by atoms with Crippen LogP contribution in [0, 0.1) is 6.07 Å². The molecule has 3 nitrogen and oxygen atoms in total. The molecule has 0 aromatic heterocycles. The molecule has 0 saturated heterocycles. The maximum Gasteiger partial charge on any atom is 0.335 e. The van der Waals surface area contributed by atoms with Crippen LogP contribution in [0.25, 0.3) is 0 Å². The highest BCUT2D eigenvalue weighted by molar-refractivity contribution is 5.87. The molecule has 11 heavy (non-hydrogen) atoms. The van der Waals surface area contributed by atoms with Crippen molar-refractivity contribution in [1.82, 2.24) is 0 Å². The lowest BCUT2D eigenvalue weighted by atomic mass is 10.2. The normalized spacial score (nSPS) is 9.18. The van der Waals surface area contributed by atoms with Gasteiger partial charge in [-0.05, 0) is 18.2 Å².